The Morgan fingerprint density at radius 2 is 1.78 bits per heavy atom. The van der Waals surface area contributed by atoms with Crippen LogP contribution in [0.2, 0.25) is 0 Å². The first-order valence-electron chi connectivity index (χ1n) is 7.34. The number of benzene rings is 2. The molecule has 0 aliphatic carbocycles. The standard InChI is InChI=1S/C16H16N2O7S2/c1-11-3-4-13(16(9-11)27(21,22)23)6-5-12-7-8-14(17-18-24-2)10-15(12)25-26(19)20/h3-10H,1-2H3,(H,19,20)(H,21,22,23)/b6-5+,18-17?. The summed E-state index contributed by atoms with van der Waals surface area (Å²) in [6.07, 6.45) is 2.90. The maximum absolute atomic E-state index is 11.6. The second kappa shape index (κ2) is 8.86. The first-order valence-corrected chi connectivity index (χ1v) is 9.81. The van der Waals surface area contributed by atoms with Gasteiger partial charge in [0.25, 0.3) is 10.1 Å². The van der Waals surface area contributed by atoms with E-state index in [2.05, 4.69) is 15.2 Å². The predicted molar refractivity (Wildman–Crippen MR) is 99.3 cm³/mol. The van der Waals surface area contributed by atoms with Gasteiger partial charge in [-0.25, -0.2) is 0 Å². The van der Waals surface area contributed by atoms with E-state index >= 15 is 0 Å². The van der Waals surface area contributed by atoms with Gasteiger partial charge in [0.1, 0.15) is 12.0 Å². The summed E-state index contributed by atoms with van der Waals surface area (Å²) in [6.45, 7) is 1.69. The Bertz CT molecular complexity index is 1020. The third kappa shape index (κ3) is 5.96. The van der Waals surface area contributed by atoms with Crippen LogP contribution < -0.4 is 4.18 Å². The van der Waals surface area contributed by atoms with Crippen LogP contribution in [0.25, 0.3) is 12.2 Å². The molecule has 0 spiro atoms. The van der Waals surface area contributed by atoms with Gasteiger partial charge in [0.2, 0.25) is 0 Å². The van der Waals surface area contributed by atoms with Crippen LogP contribution >= 0.6 is 0 Å². The number of hydrogen-bond acceptors (Lipinski definition) is 7. The smallest absolute Gasteiger partial charge is 0.357 e. The molecule has 1 unspecified atom stereocenters. The van der Waals surface area contributed by atoms with Crippen LogP contribution in [0.3, 0.4) is 0 Å². The zero-order chi connectivity index (χ0) is 20.0. The summed E-state index contributed by atoms with van der Waals surface area (Å²) in [4.78, 5) is 4.22. The fraction of sp³-hybridized carbons (Fsp3) is 0.125. The molecule has 2 aromatic carbocycles. The molecular weight excluding hydrogens is 396 g/mol. The molecular formula is C16H16N2O7S2. The molecule has 0 radical (unpaired) electrons. The van der Waals surface area contributed by atoms with Gasteiger partial charge in [-0.05, 0) is 36.2 Å². The fourth-order valence-electron chi connectivity index (χ4n) is 2.14. The largest absolute Gasteiger partial charge is 0.383 e. The molecule has 27 heavy (non-hydrogen) atoms. The van der Waals surface area contributed by atoms with E-state index in [0.29, 0.717) is 16.8 Å². The SMILES string of the molecule is CON=Nc1ccc(/C=C/c2ccc(C)cc2S(=O)(=O)O)c(OS(=O)O)c1. The Morgan fingerprint density at radius 3 is 2.41 bits per heavy atom. The highest BCUT2D eigenvalue weighted by Crippen LogP contribution is 2.28. The van der Waals surface area contributed by atoms with Crippen molar-refractivity contribution in [2.75, 3.05) is 7.11 Å². The first kappa shape index (κ1) is 20.7. The lowest BCUT2D eigenvalue weighted by Gasteiger charge is -2.07. The Hall–Kier alpha value is -2.60. The van der Waals surface area contributed by atoms with Crippen LogP contribution in [-0.2, 0) is 26.3 Å². The van der Waals surface area contributed by atoms with Crippen LogP contribution in [0.1, 0.15) is 16.7 Å². The molecule has 0 fully saturated rings. The van der Waals surface area contributed by atoms with Crippen LogP contribution in [-0.4, -0.2) is 28.8 Å². The Balaban J connectivity index is 2.47. The third-order valence-electron chi connectivity index (χ3n) is 3.29. The van der Waals surface area contributed by atoms with Crippen molar-refractivity contribution in [2.45, 2.75) is 11.8 Å². The highest BCUT2D eigenvalue weighted by atomic mass is 32.2. The van der Waals surface area contributed by atoms with Gasteiger partial charge in [0.05, 0.1) is 5.69 Å². The summed E-state index contributed by atoms with van der Waals surface area (Å²) in [6, 6.07) is 8.99. The Labute approximate surface area is 158 Å². The lowest BCUT2D eigenvalue weighted by molar-refractivity contribution is 0.190. The van der Waals surface area contributed by atoms with Gasteiger partial charge >= 0.3 is 11.4 Å². The minimum Gasteiger partial charge on any atom is -0.383 e. The zero-order valence-corrected chi connectivity index (χ0v) is 15.9. The third-order valence-corrected chi connectivity index (χ3v) is 4.52. The minimum absolute atomic E-state index is 0.0140. The summed E-state index contributed by atoms with van der Waals surface area (Å²) >= 11 is -2.58. The number of aryl methyl sites for hydroxylation is 1. The maximum Gasteiger partial charge on any atom is 0.357 e. The van der Waals surface area contributed by atoms with Crippen molar-refractivity contribution in [1.82, 2.24) is 0 Å². The van der Waals surface area contributed by atoms with E-state index in [1.54, 1.807) is 19.1 Å². The Kier molecular flexibility index (Phi) is 6.80. The number of hydrogen-bond donors (Lipinski definition) is 2. The highest BCUT2D eigenvalue weighted by molar-refractivity contribution is 7.86. The van der Waals surface area contributed by atoms with Gasteiger partial charge in [-0.15, -0.1) is 5.11 Å². The van der Waals surface area contributed by atoms with Gasteiger partial charge in [-0.2, -0.15) is 12.6 Å². The van der Waals surface area contributed by atoms with E-state index in [0.717, 1.165) is 0 Å². The summed E-state index contributed by atoms with van der Waals surface area (Å²) in [5.41, 5.74) is 1.58. The summed E-state index contributed by atoms with van der Waals surface area (Å²) < 4.78 is 57.4. The molecule has 0 bridgehead atoms. The molecule has 0 heterocycles. The molecule has 0 aliphatic rings. The molecule has 144 valence electrons. The van der Waals surface area contributed by atoms with E-state index in [1.165, 1.54) is 43.5 Å². The van der Waals surface area contributed by atoms with Crippen molar-refractivity contribution >= 4 is 39.3 Å². The molecule has 0 amide bonds. The maximum atomic E-state index is 11.6. The van der Waals surface area contributed by atoms with Gasteiger partial charge in [-0.3, -0.25) is 9.11 Å². The normalized spacial score (nSPS) is 13.2. The number of rotatable bonds is 7. The second-order valence-corrected chi connectivity index (χ2v) is 7.23. The topological polar surface area (TPSA) is 135 Å². The van der Waals surface area contributed by atoms with Gasteiger partial charge in [-0.1, -0.05) is 24.3 Å². The summed E-state index contributed by atoms with van der Waals surface area (Å²) in [7, 11) is -3.10. The van der Waals surface area contributed by atoms with Crippen molar-refractivity contribution < 1.29 is 30.8 Å². The molecule has 11 heteroatoms. The predicted octanol–water partition coefficient (Wildman–Crippen LogP) is 3.57. The fourth-order valence-corrected chi connectivity index (χ4v) is 3.21. The van der Waals surface area contributed by atoms with Gasteiger partial charge in [0.15, 0.2) is 5.75 Å². The quantitative estimate of drug-likeness (QED) is 0.233. The summed E-state index contributed by atoms with van der Waals surface area (Å²) in [5.74, 6) is 0.0140. The van der Waals surface area contributed by atoms with Crippen LogP contribution in [0.4, 0.5) is 5.69 Å². The van der Waals surface area contributed by atoms with E-state index < -0.39 is 21.5 Å². The van der Waals surface area contributed by atoms with Crippen molar-refractivity contribution in [1.29, 1.82) is 0 Å². The molecule has 2 aromatic rings. The molecule has 0 saturated heterocycles. The molecule has 9 nitrogen and oxygen atoms in total. The van der Waals surface area contributed by atoms with Crippen molar-refractivity contribution in [2.24, 2.45) is 10.4 Å². The van der Waals surface area contributed by atoms with E-state index in [-0.39, 0.29) is 16.2 Å². The van der Waals surface area contributed by atoms with Gasteiger partial charge in [0, 0.05) is 16.9 Å². The van der Waals surface area contributed by atoms with Crippen molar-refractivity contribution in [3.05, 3.63) is 53.1 Å². The van der Waals surface area contributed by atoms with E-state index in [9.17, 15) is 17.2 Å². The Morgan fingerprint density at radius 1 is 1.11 bits per heavy atom. The van der Waals surface area contributed by atoms with E-state index in [1.807, 2.05) is 0 Å². The highest BCUT2D eigenvalue weighted by Gasteiger charge is 2.14. The average Bonchev–Trinajstić information content (AvgIpc) is 2.58. The van der Waals surface area contributed by atoms with Crippen molar-refractivity contribution in [3.63, 3.8) is 0 Å². The lowest BCUT2D eigenvalue weighted by atomic mass is 10.1. The van der Waals surface area contributed by atoms with Crippen LogP contribution in [0, 0.1) is 6.92 Å². The zero-order valence-electron chi connectivity index (χ0n) is 14.3. The molecule has 0 saturated carbocycles. The second-order valence-electron chi connectivity index (χ2n) is 5.24. The average molecular weight is 412 g/mol. The lowest BCUT2D eigenvalue weighted by Crippen LogP contribution is -2.01. The van der Waals surface area contributed by atoms with E-state index in [4.69, 9.17) is 8.74 Å². The molecule has 2 rings (SSSR count). The van der Waals surface area contributed by atoms with Gasteiger partial charge < -0.3 is 9.02 Å². The monoisotopic (exact) mass is 412 g/mol. The molecule has 0 aromatic heterocycles. The van der Waals surface area contributed by atoms with Crippen LogP contribution in [0.5, 0.6) is 5.75 Å². The van der Waals surface area contributed by atoms with Crippen LogP contribution in [0.15, 0.2) is 51.7 Å². The summed E-state index contributed by atoms with van der Waals surface area (Å²) in [5, 5.41) is 7.06. The number of nitrogens with zero attached hydrogens (tertiary/aromatic N) is 2. The molecule has 0 aliphatic heterocycles. The molecule has 1 atom stereocenters. The molecule has 2 N–H and O–H groups in total. The minimum atomic E-state index is -4.42. The van der Waals surface area contributed by atoms with Crippen molar-refractivity contribution in [3.8, 4) is 5.75 Å². The first-order chi connectivity index (χ1) is 12.7.